The molecule has 0 atom stereocenters. The van der Waals surface area contributed by atoms with Gasteiger partial charge in [0.05, 0.1) is 0 Å². The van der Waals surface area contributed by atoms with Gasteiger partial charge in [-0.2, -0.15) is 0 Å². The van der Waals surface area contributed by atoms with Gasteiger partial charge in [-0.05, 0) is 47.5 Å². The highest BCUT2D eigenvalue weighted by molar-refractivity contribution is 7.25. The quantitative estimate of drug-likeness (QED) is 0.207. The normalized spacial score (nSPS) is 11.6. The van der Waals surface area contributed by atoms with E-state index in [0.29, 0.717) is 17.5 Å². The minimum absolute atomic E-state index is 0.608. The van der Waals surface area contributed by atoms with Crippen molar-refractivity contribution in [2.24, 2.45) is 0 Å². The Bertz CT molecular complexity index is 2440. The molecule has 0 aliphatic rings. The van der Waals surface area contributed by atoms with Gasteiger partial charge in [-0.3, -0.25) is 0 Å². The van der Waals surface area contributed by atoms with E-state index in [2.05, 4.69) is 72.8 Å². The summed E-state index contributed by atoms with van der Waals surface area (Å²) in [5.74, 6) is 1.88. The van der Waals surface area contributed by atoms with E-state index in [9.17, 15) is 0 Å². The molecule has 0 unspecified atom stereocenters. The molecule has 5 heteroatoms. The molecule has 0 bridgehead atoms. The maximum atomic E-state index is 6.41. The Kier molecular flexibility index (Phi) is 5.64. The molecular weight excluding hydrogens is 559 g/mol. The van der Waals surface area contributed by atoms with Crippen molar-refractivity contribution in [3.8, 4) is 45.3 Å². The van der Waals surface area contributed by atoms with Crippen molar-refractivity contribution in [2.75, 3.05) is 0 Å². The molecule has 0 amide bonds. The van der Waals surface area contributed by atoms with Crippen LogP contribution >= 0.6 is 11.3 Å². The van der Waals surface area contributed by atoms with Crippen LogP contribution in [0.15, 0.2) is 144 Å². The number of aromatic nitrogens is 3. The van der Waals surface area contributed by atoms with Crippen molar-refractivity contribution in [3.05, 3.63) is 140 Å². The molecule has 0 saturated carbocycles. The highest BCUT2D eigenvalue weighted by Gasteiger charge is 2.16. The number of fused-ring (bicyclic) bond motifs is 6. The van der Waals surface area contributed by atoms with E-state index in [1.807, 2.05) is 78.1 Å². The van der Waals surface area contributed by atoms with Crippen molar-refractivity contribution in [1.82, 2.24) is 15.0 Å². The second-order valence-corrected chi connectivity index (χ2v) is 11.9. The van der Waals surface area contributed by atoms with Crippen molar-refractivity contribution >= 4 is 53.4 Å². The Morgan fingerprint density at radius 1 is 0.409 bits per heavy atom. The van der Waals surface area contributed by atoms with Crippen LogP contribution in [-0.2, 0) is 0 Å². The standard InChI is InChI=1S/C39H23N3OS/c1-3-10-24(11-4-1)37-40-38(25-12-5-2-6-13-25)42-39(41-37)27-18-20-29-31-22-26(19-21-32(31)43-33(29)23-27)28-15-9-17-35-36(28)30-14-7-8-16-34(30)44-35/h1-23H. The van der Waals surface area contributed by atoms with Gasteiger partial charge in [-0.1, -0.05) is 103 Å². The van der Waals surface area contributed by atoms with Crippen LogP contribution in [0.4, 0.5) is 0 Å². The number of hydrogen-bond acceptors (Lipinski definition) is 5. The van der Waals surface area contributed by atoms with Gasteiger partial charge in [0.15, 0.2) is 17.5 Å². The van der Waals surface area contributed by atoms with Gasteiger partial charge in [0.2, 0.25) is 0 Å². The molecule has 0 radical (unpaired) electrons. The summed E-state index contributed by atoms with van der Waals surface area (Å²) in [5.41, 5.74) is 6.84. The number of furan rings is 1. The lowest BCUT2D eigenvalue weighted by molar-refractivity contribution is 0.669. The van der Waals surface area contributed by atoms with E-state index in [1.54, 1.807) is 0 Å². The lowest BCUT2D eigenvalue weighted by Crippen LogP contribution is -2.00. The van der Waals surface area contributed by atoms with Crippen LogP contribution in [0.2, 0.25) is 0 Å². The Morgan fingerprint density at radius 2 is 1.05 bits per heavy atom. The van der Waals surface area contributed by atoms with Crippen LogP contribution in [0, 0.1) is 0 Å². The van der Waals surface area contributed by atoms with E-state index < -0.39 is 0 Å². The monoisotopic (exact) mass is 581 g/mol. The summed E-state index contributed by atoms with van der Waals surface area (Å²) in [6, 6.07) is 48.0. The highest BCUT2D eigenvalue weighted by Crippen LogP contribution is 2.41. The molecule has 9 rings (SSSR count). The Morgan fingerprint density at radius 3 is 1.80 bits per heavy atom. The average Bonchev–Trinajstić information content (AvgIpc) is 3.66. The van der Waals surface area contributed by atoms with Crippen LogP contribution in [0.1, 0.15) is 0 Å². The molecule has 3 aromatic heterocycles. The molecule has 0 spiro atoms. The summed E-state index contributed by atoms with van der Waals surface area (Å²) in [6.45, 7) is 0. The molecule has 0 aliphatic heterocycles. The zero-order valence-corrected chi connectivity index (χ0v) is 24.3. The lowest BCUT2D eigenvalue weighted by Gasteiger charge is -2.08. The number of nitrogens with zero attached hydrogens (tertiary/aromatic N) is 3. The summed E-state index contributed by atoms with van der Waals surface area (Å²) in [5, 5.41) is 4.76. The Balaban J connectivity index is 1.19. The largest absolute Gasteiger partial charge is 0.456 e. The second-order valence-electron chi connectivity index (χ2n) is 10.8. The molecule has 44 heavy (non-hydrogen) atoms. The fourth-order valence-corrected chi connectivity index (χ4v) is 7.17. The first-order valence-corrected chi connectivity index (χ1v) is 15.3. The minimum atomic E-state index is 0.608. The summed E-state index contributed by atoms with van der Waals surface area (Å²) in [4.78, 5) is 14.6. The summed E-state index contributed by atoms with van der Waals surface area (Å²) in [7, 11) is 0. The fraction of sp³-hybridized carbons (Fsp3) is 0. The van der Waals surface area contributed by atoms with E-state index in [4.69, 9.17) is 19.4 Å². The number of thiophene rings is 1. The maximum Gasteiger partial charge on any atom is 0.164 e. The Hall–Kier alpha value is -5.65. The van der Waals surface area contributed by atoms with Crippen LogP contribution in [-0.4, -0.2) is 15.0 Å². The van der Waals surface area contributed by atoms with Crippen LogP contribution in [0.3, 0.4) is 0 Å². The minimum Gasteiger partial charge on any atom is -0.456 e. The van der Waals surface area contributed by atoms with Crippen LogP contribution in [0.25, 0.3) is 87.4 Å². The summed E-state index contributed by atoms with van der Waals surface area (Å²) < 4.78 is 9.01. The molecule has 0 aliphatic carbocycles. The van der Waals surface area contributed by atoms with E-state index in [0.717, 1.165) is 38.6 Å². The summed E-state index contributed by atoms with van der Waals surface area (Å²) >= 11 is 1.84. The molecule has 0 saturated heterocycles. The van der Waals surface area contributed by atoms with Crippen molar-refractivity contribution in [3.63, 3.8) is 0 Å². The van der Waals surface area contributed by atoms with Gasteiger partial charge in [0, 0.05) is 47.6 Å². The van der Waals surface area contributed by atoms with Crippen molar-refractivity contribution in [1.29, 1.82) is 0 Å². The molecule has 0 N–H and O–H groups in total. The predicted octanol–water partition coefficient (Wildman–Crippen LogP) is 10.8. The first kappa shape index (κ1) is 24.9. The first-order valence-electron chi connectivity index (χ1n) is 14.5. The number of benzene rings is 6. The summed E-state index contributed by atoms with van der Waals surface area (Å²) in [6.07, 6.45) is 0. The zero-order valence-electron chi connectivity index (χ0n) is 23.4. The molecule has 4 nitrogen and oxygen atoms in total. The first-order chi connectivity index (χ1) is 21.8. The third kappa shape index (κ3) is 4.09. The van der Waals surface area contributed by atoms with Gasteiger partial charge in [0.25, 0.3) is 0 Å². The van der Waals surface area contributed by atoms with Gasteiger partial charge >= 0.3 is 0 Å². The average molecular weight is 582 g/mol. The molecule has 3 heterocycles. The predicted molar refractivity (Wildman–Crippen MR) is 182 cm³/mol. The molecular formula is C39H23N3OS. The molecule has 206 valence electrons. The number of rotatable bonds is 4. The second kappa shape index (κ2) is 9.97. The highest BCUT2D eigenvalue weighted by atomic mass is 32.1. The van der Waals surface area contributed by atoms with E-state index in [-0.39, 0.29) is 0 Å². The van der Waals surface area contributed by atoms with E-state index >= 15 is 0 Å². The molecule has 0 fully saturated rings. The third-order valence-electron chi connectivity index (χ3n) is 8.14. The molecule has 6 aromatic carbocycles. The van der Waals surface area contributed by atoms with Crippen molar-refractivity contribution < 1.29 is 4.42 Å². The smallest absolute Gasteiger partial charge is 0.164 e. The van der Waals surface area contributed by atoms with Crippen LogP contribution < -0.4 is 0 Å². The fourth-order valence-electron chi connectivity index (χ4n) is 6.04. The van der Waals surface area contributed by atoms with Crippen molar-refractivity contribution in [2.45, 2.75) is 0 Å². The van der Waals surface area contributed by atoms with Gasteiger partial charge in [0.1, 0.15) is 11.2 Å². The topological polar surface area (TPSA) is 51.8 Å². The van der Waals surface area contributed by atoms with Crippen LogP contribution in [0.5, 0.6) is 0 Å². The zero-order chi connectivity index (χ0) is 29.0. The molecule has 9 aromatic rings. The number of hydrogen-bond donors (Lipinski definition) is 0. The van der Waals surface area contributed by atoms with Gasteiger partial charge in [-0.25, -0.2) is 15.0 Å². The van der Waals surface area contributed by atoms with Gasteiger partial charge in [-0.15, -0.1) is 11.3 Å². The SMILES string of the molecule is c1ccc(-c2nc(-c3ccccc3)nc(-c3ccc4c(c3)oc3ccc(-c5cccc6sc7ccccc7c56)cc34)n2)cc1. The van der Waals surface area contributed by atoms with Gasteiger partial charge < -0.3 is 4.42 Å². The van der Waals surface area contributed by atoms with E-state index in [1.165, 1.54) is 31.3 Å². The maximum absolute atomic E-state index is 6.41. The lowest BCUT2D eigenvalue weighted by atomic mass is 9.98. The Labute approximate surface area is 256 Å². The third-order valence-corrected chi connectivity index (χ3v) is 9.28.